The summed E-state index contributed by atoms with van der Waals surface area (Å²) in [5.41, 5.74) is 5.81. The molecule has 0 saturated heterocycles. The van der Waals surface area contributed by atoms with Crippen LogP contribution in [-0.4, -0.2) is 23.1 Å². The fourth-order valence-electron chi connectivity index (χ4n) is 4.51. The number of halogens is 1. The topological polar surface area (TPSA) is 8.17 Å². The third-order valence-corrected chi connectivity index (χ3v) is 6.16. The minimum atomic E-state index is 0.769. The first kappa shape index (κ1) is 16.2. The molecule has 2 aromatic rings. The summed E-state index contributed by atoms with van der Waals surface area (Å²) in [5.74, 6) is 0.769. The maximum absolute atomic E-state index is 6.30. The first-order valence-electron chi connectivity index (χ1n) is 9.31. The summed E-state index contributed by atoms with van der Waals surface area (Å²) in [6, 6.07) is 6.37. The van der Waals surface area contributed by atoms with Crippen molar-refractivity contribution in [2.45, 2.75) is 52.0 Å². The Balaban J connectivity index is 1.82. The van der Waals surface area contributed by atoms with Crippen molar-refractivity contribution in [3.63, 3.8) is 0 Å². The van der Waals surface area contributed by atoms with Gasteiger partial charge in [-0.15, -0.1) is 0 Å². The monoisotopic (exact) mass is 342 g/mol. The molecule has 1 aliphatic heterocycles. The first-order valence-corrected chi connectivity index (χ1v) is 9.69. The van der Waals surface area contributed by atoms with E-state index in [9.17, 15) is 0 Å². The largest absolute Gasteiger partial charge is 0.320 e. The van der Waals surface area contributed by atoms with E-state index in [4.69, 9.17) is 11.6 Å². The van der Waals surface area contributed by atoms with Crippen LogP contribution < -0.4 is 0 Å². The quantitative estimate of drug-likeness (QED) is 0.677. The van der Waals surface area contributed by atoms with Crippen molar-refractivity contribution in [3.05, 3.63) is 40.1 Å². The molecule has 4 rings (SSSR count). The minimum Gasteiger partial charge on any atom is -0.320 e. The molecule has 0 spiro atoms. The number of rotatable bonds is 2. The van der Waals surface area contributed by atoms with E-state index in [1.165, 1.54) is 54.3 Å². The Kier molecular flexibility index (Phi) is 4.44. The van der Waals surface area contributed by atoms with E-state index in [0.717, 1.165) is 30.5 Å². The molecule has 1 aromatic carbocycles. The second-order valence-electron chi connectivity index (χ2n) is 7.65. The lowest BCUT2D eigenvalue weighted by Crippen LogP contribution is -2.26. The molecular formula is C21H27ClN2. The lowest BCUT2D eigenvalue weighted by Gasteiger charge is -2.25. The highest BCUT2D eigenvalue weighted by Crippen LogP contribution is 2.35. The molecule has 3 heteroatoms. The molecule has 0 radical (unpaired) electrons. The molecule has 1 fully saturated rings. The maximum Gasteiger partial charge on any atom is 0.0529 e. The van der Waals surface area contributed by atoms with Crippen LogP contribution in [0.3, 0.4) is 0 Å². The van der Waals surface area contributed by atoms with E-state index in [0.29, 0.717) is 0 Å². The molecule has 0 bridgehead atoms. The van der Waals surface area contributed by atoms with Crippen LogP contribution in [0.1, 0.15) is 50.3 Å². The Morgan fingerprint density at radius 1 is 1.21 bits per heavy atom. The van der Waals surface area contributed by atoms with Gasteiger partial charge in [0.2, 0.25) is 0 Å². The zero-order valence-corrected chi connectivity index (χ0v) is 15.6. The minimum absolute atomic E-state index is 0.769. The van der Waals surface area contributed by atoms with Gasteiger partial charge < -0.3 is 9.47 Å². The van der Waals surface area contributed by atoms with Crippen LogP contribution in [0.2, 0.25) is 5.02 Å². The van der Waals surface area contributed by atoms with E-state index in [-0.39, 0.29) is 0 Å². The third kappa shape index (κ3) is 2.91. The molecule has 2 aliphatic rings. The third-order valence-electron chi connectivity index (χ3n) is 5.92. The molecule has 128 valence electrons. The van der Waals surface area contributed by atoms with Crippen molar-refractivity contribution in [2.24, 2.45) is 5.92 Å². The normalized spacial score (nSPS) is 20.5. The van der Waals surface area contributed by atoms with Crippen LogP contribution in [0.4, 0.5) is 0 Å². The second kappa shape index (κ2) is 6.57. The predicted octanol–water partition coefficient (Wildman–Crippen LogP) is 5.72. The van der Waals surface area contributed by atoms with Gasteiger partial charge in [0.05, 0.1) is 5.52 Å². The summed E-state index contributed by atoms with van der Waals surface area (Å²) in [6.45, 7) is 4.49. The molecular weight excluding hydrogens is 316 g/mol. The highest BCUT2D eigenvalue weighted by molar-refractivity contribution is 6.31. The SMILES string of the molecule is C/C(=C\n1c2c(c3cc(Cl)ccc31)CN(C)CC2)C1CCCCC1. The number of aromatic nitrogens is 1. The van der Waals surface area contributed by atoms with Crippen molar-refractivity contribution in [1.29, 1.82) is 0 Å². The Morgan fingerprint density at radius 2 is 2.00 bits per heavy atom. The zero-order chi connectivity index (χ0) is 16.7. The molecule has 0 atom stereocenters. The average Bonchev–Trinajstić information content (AvgIpc) is 2.88. The standard InChI is InChI=1S/C21H27ClN2/c1-15(16-6-4-3-5-7-16)13-24-20-9-8-17(22)12-18(20)19-14-23(2)11-10-21(19)24/h8-9,12-13,16H,3-7,10-11,14H2,1-2H3/b15-13+. The average molecular weight is 343 g/mol. The highest BCUT2D eigenvalue weighted by atomic mass is 35.5. The van der Waals surface area contributed by atoms with Crippen molar-refractivity contribution < 1.29 is 0 Å². The zero-order valence-electron chi connectivity index (χ0n) is 14.8. The van der Waals surface area contributed by atoms with Gasteiger partial charge >= 0.3 is 0 Å². The lowest BCUT2D eigenvalue weighted by molar-refractivity contribution is 0.312. The molecule has 0 amide bonds. The molecule has 1 saturated carbocycles. The lowest BCUT2D eigenvalue weighted by atomic mass is 9.85. The molecule has 0 unspecified atom stereocenters. The van der Waals surface area contributed by atoms with Crippen LogP contribution in [0.25, 0.3) is 17.1 Å². The molecule has 24 heavy (non-hydrogen) atoms. The summed E-state index contributed by atoms with van der Waals surface area (Å²) < 4.78 is 2.47. The van der Waals surface area contributed by atoms with E-state index < -0.39 is 0 Å². The summed E-state index contributed by atoms with van der Waals surface area (Å²) in [7, 11) is 2.21. The van der Waals surface area contributed by atoms with E-state index in [2.05, 4.69) is 41.8 Å². The van der Waals surface area contributed by atoms with Gasteiger partial charge in [0.1, 0.15) is 0 Å². The van der Waals surface area contributed by atoms with Gasteiger partial charge in [-0.05, 0) is 56.5 Å². The number of hydrogen-bond donors (Lipinski definition) is 0. The number of fused-ring (bicyclic) bond motifs is 3. The number of allylic oxidation sites excluding steroid dienone is 1. The molecule has 2 heterocycles. The smallest absolute Gasteiger partial charge is 0.0529 e. The summed E-state index contributed by atoms with van der Waals surface area (Å²) in [6.07, 6.45) is 10.5. The van der Waals surface area contributed by atoms with Crippen molar-refractivity contribution in [3.8, 4) is 0 Å². The van der Waals surface area contributed by atoms with Gasteiger partial charge in [-0.25, -0.2) is 0 Å². The van der Waals surface area contributed by atoms with Crippen LogP contribution in [0.15, 0.2) is 23.8 Å². The number of likely N-dealkylation sites (N-methyl/N-ethyl adjacent to an activating group) is 1. The summed E-state index contributed by atoms with van der Waals surface area (Å²) >= 11 is 6.30. The van der Waals surface area contributed by atoms with E-state index in [1.54, 1.807) is 5.57 Å². The number of nitrogens with zero attached hydrogens (tertiary/aromatic N) is 2. The van der Waals surface area contributed by atoms with Gasteiger partial charge in [0, 0.05) is 41.8 Å². The van der Waals surface area contributed by atoms with Crippen LogP contribution in [-0.2, 0) is 13.0 Å². The summed E-state index contributed by atoms with van der Waals surface area (Å²) in [4.78, 5) is 2.41. The Morgan fingerprint density at radius 3 is 2.79 bits per heavy atom. The number of hydrogen-bond acceptors (Lipinski definition) is 1. The number of benzene rings is 1. The van der Waals surface area contributed by atoms with Crippen LogP contribution in [0, 0.1) is 5.92 Å². The van der Waals surface area contributed by atoms with Gasteiger partial charge in [-0.3, -0.25) is 0 Å². The Labute approximate surface area is 150 Å². The highest BCUT2D eigenvalue weighted by Gasteiger charge is 2.23. The van der Waals surface area contributed by atoms with Gasteiger partial charge in [-0.2, -0.15) is 0 Å². The second-order valence-corrected chi connectivity index (χ2v) is 8.09. The fourth-order valence-corrected chi connectivity index (χ4v) is 4.69. The first-order chi connectivity index (χ1) is 11.6. The molecule has 2 nitrogen and oxygen atoms in total. The Hall–Kier alpha value is -1.25. The maximum atomic E-state index is 6.30. The van der Waals surface area contributed by atoms with E-state index >= 15 is 0 Å². The summed E-state index contributed by atoms with van der Waals surface area (Å²) in [5, 5.41) is 2.17. The van der Waals surface area contributed by atoms with E-state index in [1.807, 2.05) is 6.07 Å². The van der Waals surface area contributed by atoms with Gasteiger partial charge in [0.25, 0.3) is 0 Å². The van der Waals surface area contributed by atoms with Gasteiger partial charge in [0.15, 0.2) is 0 Å². The van der Waals surface area contributed by atoms with Crippen LogP contribution >= 0.6 is 11.6 Å². The van der Waals surface area contributed by atoms with Gasteiger partial charge in [-0.1, -0.05) is 36.4 Å². The molecule has 0 N–H and O–H groups in total. The van der Waals surface area contributed by atoms with Crippen LogP contribution in [0.5, 0.6) is 0 Å². The Bertz CT molecular complexity index is 781. The molecule has 1 aliphatic carbocycles. The predicted molar refractivity (Wildman–Crippen MR) is 104 cm³/mol. The fraction of sp³-hybridized carbons (Fsp3) is 0.524. The van der Waals surface area contributed by atoms with Crippen molar-refractivity contribution in [2.75, 3.05) is 13.6 Å². The van der Waals surface area contributed by atoms with Crippen molar-refractivity contribution >= 4 is 28.7 Å². The van der Waals surface area contributed by atoms with Crippen molar-refractivity contribution in [1.82, 2.24) is 9.47 Å². The molecule has 1 aromatic heterocycles.